The Morgan fingerprint density at radius 3 is 2.17 bits per heavy atom. The first-order chi connectivity index (χ1) is 11.2. The first-order valence-electron chi connectivity index (χ1n) is 7.39. The van der Waals surface area contributed by atoms with E-state index in [0.29, 0.717) is 5.11 Å². The van der Waals surface area contributed by atoms with Gasteiger partial charge in [-0.05, 0) is 61.5 Å². The highest BCUT2D eigenvalue weighted by atomic mass is 32.1. The number of anilines is 1. The van der Waals surface area contributed by atoms with Gasteiger partial charge in [0.25, 0.3) is 0 Å². The van der Waals surface area contributed by atoms with Gasteiger partial charge in [0.05, 0.1) is 11.4 Å². The Hall–Kier alpha value is -2.60. The number of nitrogens with zero attached hydrogens (tertiary/aromatic N) is 2. The summed E-state index contributed by atoms with van der Waals surface area (Å²) < 4.78 is 0. The van der Waals surface area contributed by atoms with E-state index in [-0.39, 0.29) is 11.8 Å². The number of rotatable bonds is 4. The maximum absolute atomic E-state index is 11.6. The summed E-state index contributed by atoms with van der Waals surface area (Å²) in [5.74, 6) is 0.131. The van der Waals surface area contributed by atoms with Crippen molar-refractivity contribution in [2.24, 2.45) is 16.1 Å². The van der Waals surface area contributed by atoms with Gasteiger partial charge in [-0.15, -0.1) is 0 Å². The van der Waals surface area contributed by atoms with Gasteiger partial charge < -0.3 is 10.6 Å². The molecule has 1 aliphatic carbocycles. The highest BCUT2D eigenvalue weighted by Crippen LogP contribution is 2.28. The molecule has 0 radical (unpaired) electrons. The molecule has 0 spiro atoms. The van der Waals surface area contributed by atoms with Gasteiger partial charge in [0.2, 0.25) is 5.91 Å². The average Bonchev–Trinajstić information content (AvgIpc) is 3.40. The molecule has 0 atom stereocenters. The molecule has 2 aromatic rings. The first kappa shape index (κ1) is 15.3. The van der Waals surface area contributed by atoms with E-state index in [4.69, 9.17) is 12.2 Å². The summed E-state index contributed by atoms with van der Waals surface area (Å²) in [6.45, 7) is 0. The number of carbonyl (C=O) groups is 1. The number of benzene rings is 2. The number of azo groups is 1. The molecule has 1 amide bonds. The monoisotopic (exact) mass is 324 g/mol. The lowest BCUT2D eigenvalue weighted by atomic mass is 10.3. The highest BCUT2D eigenvalue weighted by Gasteiger charge is 2.29. The van der Waals surface area contributed by atoms with Crippen LogP contribution in [0.3, 0.4) is 0 Å². The second-order valence-electron chi connectivity index (χ2n) is 5.30. The Morgan fingerprint density at radius 1 is 0.957 bits per heavy atom. The van der Waals surface area contributed by atoms with Crippen LogP contribution in [0.15, 0.2) is 64.8 Å². The molecule has 1 fully saturated rings. The molecule has 0 aromatic heterocycles. The summed E-state index contributed by atoms with van der Waals surface area (Å²) in [5.41, 5.74) is 2.34. The molecule has 1 aliphatic rings. The predicted molar refractivity (Wildman–Crippen MR) is 94.1 cm³/mol. The fourth-order valence-corrected chi connectivity index (χ4v) is 2.16. The molecule has 5 nitrogen and oxygen atoms in total. The van der Waals surface area contributed by atoms with Gasteiger partial charge in [0.15, 0.2) is 5.11 Å². The summed E-state index contributed by atoms with van der Waals surface area (Å²) >= 11 is 5.12. The molecule has 6 heteroatoms. The van der Waals surface area contributed by atoms with Crippen LogP contribution in [0.2, 0.25) is 0 Å². The van der Waals surface area contributed by atoms with Gasteiger partial charge >= 0.3 is 0 Å². The summed E-state index contributed by atoms with van der Waals surface area (Å²) in [7, 11) is 0. The molecule has 0 bridgehead atoms. The van der Waals surface area contributed by atoms with E-state index in [9.17, 15) is 4.79 Å². The van der Waals surface area contributed by atoms with Crippen molar-refractivity contribution in [3.05, 3.63) is 54.6 Å². The normalized spacial score (nSPS) is 13.7. The molecular formula is C17H16N4OS. The van der Waals surface area contributed by atoms with E-state index in [2.05, 4.69) is 20.9 Å². The Kier molecular flexibility index (Phi) is 4.73. The van der Waals surface area contributed by atoms with Crippen molar-refractivity contribution < 1.29 is 4.79 Å². The van der Waals surface area contributed by atoms with E-state index >= 15 is 0 Å². The number of thiocarbonyl (C=S) groups is 1. The quantitative estimate of drug-likeness (QED) is 0.650. The number of nitrogens with one attached hydrogen (secondary N) is 2. The Labute approximate surface area is 139 Å². The van der Waals surface area contributed by atoms with Crippen LogP contribution in [-0.4, -0.2) is 11.0 Å². The molecule has 0 unspecified atom stereocenters. The van der Waals surface area contributed by atoms with E-state index in [0.717, 1.165) is 29.9 Å². The topological polar surface area (TPSA) is 65.8 Å². The van der Waals surface area contributed by atoms with Crippen molar-refractivity contribution in [3.8, 4) is 0 Å². The summed E-state index contributed by atoms with van der Waals surface area (Å²) in [6, 6.07) is 16.9. The van der Waals surface area contributed by atoms with E-state index < -0.39 is 0 Å². The first-order valence-corrected chi connectivity index (χ1v) is 7.80. The smallest absolute Gasteiger partial charge is 0.229 e. The lowest BCUT2D eigenvalue weighted by Gasteiger charge is -2.09. The third-order valence-electron chi connectivity index (χ3n) is 3.35. The van der Waals surface area contributed by atoms with Crippen LogP contribution in [0.4, 0.5) is 17.1 Å². The fraction of sp³-hybridized carbons (Fsp3) is 0.176. The van der Waals surface area contributed by atoms with Crippen LogP contribution in [0.5, 0.6) is 0 Å². The molecule has 2 aromatic carbocycles. The minimum absolute atomic E-state index is 0.00391. The molecule has 0 heterocycles. The van der Waals surface area contributed by atoms with Gasteiger partial charge in [-0.3, -0.25) is 4.79 Å². The molecule has 3 rings (SSSR count). The lowest BCUT2D eigenvalue weighted by Crippen LogP contribution is -2.35. The number of carbonyl (C=O) groups excluding carboxylic acids is 1. The second-order valence-corrected chi connectivity index (χ2v) is 5.71. The van der Waals surface area contributed by atoms with Crippen molar-refractivity contribution in [2.45, 2.75) is 12.8 Å². The lowest BCUT2D eigenvalue weighted by molar-refractivity contribution is -0.120. The summed E-state index contributed by atoms with van der Waals surface area (Å²) in [6.07, 6.45) is 1.91. The number of amides is 1. The highest BCUT2D eigenvalue weighted by molar-refractivity contribution is 7.80. The van der Waals surface area contributed by atoms with E-state index in [1.807, 2.05) is 54.6 Å². The van der Waals surface area contributed by atoms with Gasteiger partial charge in [-0.1, -0.05) is 18.2 Å². The number of hydrogen-bond donors (Lipinski definition) is 2. The molecule has 1 saturated carbocycles. The van der Waals surface area contributed by atoms with Crippen molar-refractivity contribution in [3.63, 3.8) is 0 Å². The van der Waals surface area contributed by atoms with Crippen molar-refractivity contribution >= 4 is 40.3 Å². The Morgan fingerprint density at radius 2 is 1.57 bits per heavy atom. The van der Waals surface area contributed by atoms with Gasteiger partial charge in [0, 0.05) is 11.6 Å². The second kappa shape index (κ2) is 7.11. The Balaban J connectivity index is 1.55. The largest absolute Gasteiger partial charge is 0.332 e. The van der Waals surface area contributed by atoms with Gasteiger partial charge in [-0.2, -0.15) is 10.2 Å². The molecule has 0 saturated heterocycles. The van der Waals surface area contributed by atoms with Crippen LogP contribution in [0.25, 0.3) is 0 Å². The third-order valence-corrected chi connectivity index (χ3v) is 3.55. The molecule has 2 N–H and O–H groups in total. The van der Waals surface area contributed by atoms with Crippen molar-refractivity contribution in [2.75, 3.05) is 5.32 Å². The Bertz CT molecular complexity index is 724. The number of hydrogen-bond acceptors (Lipinski definition) is 4. The SMILES string of the molecule is O=C(NC(=S)Nc1ccc(N=Nc2ccccc2)cc1)C1CC1. The maximum atomic E-state index is 11.6. The molecule has 0 aliphatic heterocycles. The van der Waals surface area contributed by atoms with E-state index in [1.54, 1.807) is 0 Å². The average molecular weight is 324 g/mol. The fourth-order valence-electron chi connectivity index (χ4n) is 1.94. The third kappa shape index (κ3) is 4.69. The summed E-state index contributed by atoms with van der Waals surface area (Å²) in [5, 5.41) is 14.3. The maximum Gasteiger partial charge on any atom is 0.229 e. The van der Waals surface area contributed by atoms with Crippen molar-refractivity contribution in [1.82, 2.24) is 5.32 Å². The summed E-state index contributed by atoms with van der Waals surface area (Å²) in [4.78, 5) is 11.6. The molecule has 23 heavy (non-hydrogen) atoms. The predicted octanol–water partition coefficient (Wildman–Crippen LogP) is 4.33. The zero-order valence-corrected chi connectivity index (χ0v) is 13.2. The van der Waals surface area contributed by atoms with Crippen LogP contribution in [0, 0.1) is 5.92 Å². The molecule has 116 valence electrons. The van der Waals surface area contributed by atoms with Crippen LogP contribution >= 0.6 is 12.2 Å². The van der Waals surface area contributed by atoms with E-state index in [1.165, 1.54) is 0 Å². The van der Waals surface area contributed by atoms with Gasteiger partial charge in [-0.25, -0.2) is 0 Å². The van der Waals surface area contributed by atoms with Crippen LogP contribution in [-0.2, 0) is 4.79 Å². The standard InChI is InChI=1S/C17H16N4OS/c22-16(12-6-7-12)19-17(23)18-13-8-10-15(11-9-13)21-20-14-4-2-1-3-5-14/h1-5,8-12H,6-7H2,(H2,18,19,22,23). The molecular weight excluding hydrogens is 308 g/mol. The van der Waals surface area contributed by atoms with Gasteiger partial charge in [0.1, 0.15) is 0 Å². The van der Waals surface area contributed by atoms with Crippen molar-refractivity contribution in [1.29, 1.82) is 0 Å². The zero-order chi connectivity index (χ0) is 16.1. The van der Waals surface area contributed by atoms with Crippen LogP contribution < -0.4 is 10.6 Å². The zero-order valence-electron chi connectivity index (χ0n) is 12.4. The minimum Gasteiger partial charge on any atom is -0.332 e. The minimum atomic E-state index is -0.00391. The van der Waals surface area contributed by atoms with Crippen LogP contribution in [0.1, 0.15) is 12.8 Å².